The lowest BCUT2D eigenvalue weighted by Crippen LogP contribution is -2.56. The van der Waals surface area contributed by atoms with Gasteiger partial charge in [-0.15, -0.1) is 0 Å². The normalized spacial score (nSPS) is 21.9. The number of carbonyl (C=O) groups is 4. The number of amides is 4. The van der Waals surface area contributed by atoms with E-state index in [2.05, 4.69) is 25.9 Å². The van der Waals surface area contributed by atoms with Crippen LogP contribution in [-0.4, -0.2) is 69.7 Å². The summed E-state index contributed by atoms with van der Waals surface area (Å²) in [7, 11) is 0. The lowest BCUT2D eigenvalue weighted by Gasteiger charge is -2.29. The molecule has 3 atom stereocenters. The van der Waals surface area contributed by atoms with Crippen molar-refractivity contribution < 1.29 is 19.2 Å². The van der Waals surface area contributed by atoms with Crippen molar-refractivity contribution in [1.82, 2.24) is 30.8 Å². The highest BCUT2D eigenvalue weighted by atomic mass is 16.2. The molecule has 0 spiro atoms. The van der Waals surface area contributed by atoms with Crippen LogP contribution in [0.25, 0.3) is 0 Å². The molecule has 2 fully saturated rings. The summed E-state index contributed by atoms with van der Waals surface area (Å²) in [6.45, 7) is 3.11. The third kappa shape index (κ3) is 5.37. The number of likely N-dealkylation sites (tertiary alicyclic amines) is 1. The van der Waals surface area contributed by atoms with E-state index in [0.29, 0.717) is 38.0 Å². The van der Waals surface area contributed by atoms with E-state index in [1.165, 1.54) is 6.33 Å². The summed E-state index contributed by atoms with van der Waals surface area (Å²) >= 11 is 0. The van der Waals surface area contributed by atoms with Gasteiger partial charge in [0, 0.05) is 37.8 Å². The molecule has 0 saturated carbocycles. The Kier molecular flexibility index (Phi) is 7.42. The molecule has 0 unspecified atom stereocenters. The molecule has 1 aromatic heterocycles. The van der Waals surface area contributed by atoms with Gasteiger partial charge in [-0.25, -0.2) is 4.98 Å². The third-order valence-corrected chi connectivity index (χ3v) is 5.57. The van der Waals surface area contributed by atoms with Crippen LogP contribution in [-0.2, 0) is 25.6 Å². The van der Waals surface area contributed by atoms with Gasteiger partial charge in [0.1, 0.15) is 18.1 Å². The number of aromatic amines is 1. The Hall–Kier alpha value is -2.91. The Morgan fingerprint density at radius 2 is 2.13 bits per heavy atom. The van der Waals surface area contributed by atoms with E-state index in [1.807, 2.05) is 6.92 Å². The van der Waals surface area contributed by atoms with Crippen LogP contribution >= 0.6 is 0 Å². The van der Waals surface area contributed by atoms with E-state index < -0.39 is 18.1 Å². The number of unbranched alkanes of at least 4 members (excludes halogenated alkanes) is 1. The minimum Gasteiger partial charge on any atom is -0.354 e. The van der Waals surface area contributed by atoms with Crippen LogP contribution in [0.4, 0.5) is 0 Å². The fourth-order valence-electron chi connectivity index (χ4n) is 3.91. The molecular weight excluding hydrogens is 388 g/mol. The van der Waals surface area contributed by atoms with Gasteiger partial charge in [-0.05, 0) is 25.7 Å². The van der Waals surface area contributed by atoms with Crippen molar-refractivity contribution in [2.24, 2.45) is 0 Å². The first-order chi connectivity index (χ1) is 14.5. The van der Waals surface area contributed by atoms with Crippen LogP contribution < -0.4 is 16.0 Å². The van der Waals surface area contributed by atoms with Gasteiger partial charge in [-0.1, -0.05) is 13.3 Å². The van der Waals surface area contributed by atoms with Crippen molar-refractivity contribution in [2.75, 3.05) is 13.1 Å². The molecule has 10 nitrogen and oxygen atoms in total. The minimum absolute atomic E-state index is 0.149. The van der Waals surface area contributed by atoms with Gasteiger partial charge < -0.3 is 25.8 Å². The molecule has 0 aliphatic carbocycles. The molecule has 0 aromatic carbocycles. The number of H-pyrrole nitrogens is 1. The number of hydrogen-bond donors (Lipinski definition) is 4. The molecule has 30 heavy (non-hydrogen) atoms. The maximum Gasteiger partial charge on any atom is 0.246 e. The van der Waals surface area contributed by atoms with Crippen molar-refractivity contribution in [3.63, 3.8) is 0 Å². The summed E-state index contributed by atoms with van der Waals surface area (Å²) in [6, 6.07) is -2.01. The van der Waals surface area contributed by atoms with Gasteiger partial charge in [0.25, 0.3) is 0 Å². The van der Waals surface area contributed by atoms with E-state index in [4.69, 9.17) is 0 Å². The molecule has 3 rings (SSSR count). The molecule has 164 valence electrons. The lowest BCUT2D eigenvalue weighted by atomic mass is 10.1. The van der Waals surface area contributed by atoms with E-state index >= 15 is 0 Å². The Balaban J connectivity index is 1.69. The molecule has 0 radical (unpaired) electrons. The maximum absolute atomic E-state index is 13.3. The van der Waals surface area contributed by atoms with Gasteiger partial charge >= 0.3 is 0 Å². The fourth-order valence-corrected chi connectivity index (χ4v) is 3.91. The zero-order valence-corrected chi connectivity index (χ0v) is 17.3. The van der Waals surface area contributed by atoms with Crippen molar-refractivity contribution in [1.29, 1.82) is 0 Å². The van der Waals surface area contributed by atoms with Crippen LogP contribution in [0.1, 0.15) is 51.1 Å². The summed E-state index contributed by atoms with van der Waals surface area (Å²) in [4.78, 5) is 58.5. The quantitative estimate of drug-likeness (QED) is 0.406. The molecule has 4 amide bonds. The number of nitrogens with zero attached hydrogens (tertiary/aromatic N) is 2. The van der Waals surface area contributed by atoms with E-state index in [0.717, 1.165) is 19.3 Å². The molecular formula is C20H30N6O4. The lowest BCUT2D eigenvalue weighted by molar-refractivity contribution is -0.141. The SMILES string of the molecule is CCCCNC(=O)[C@@H]1CCCN1C(=O)[C@H](Cc1cnc[nH]1)NC(=O)[C@@H]1CCC(=O)N1. The summed E-state index contributed by atoms with van der Waals surface area (Å²) < 4.78 is 0. The summed E-state index contributed by atoms with van der Waals surface area (Å²) in [5.74, 6) is -1.00. The first-order valence-electron chi connectivity index (χ1n) is 10.6. The second kappa shape index (κ2) is 10.2. The van der Waals surface area contributed by atoms with Crippen LogP contribution in [0, 0.1) is 0 Å². The molecule has 0 bridgehead atoms. The highest BCUT2D eigenvalue weighted by Gasteiger charge is 2.38. The smallest absolute Gasteiger partial charge is 0.246 e. The first-order valence-corrected chi connectivity index (χ1v) is 10.6. The van der Waals surface area contributed by atoms with Gasteiger partial charge in [0.05, 0.1) is 6.33 Å². The molecule has 2 saturated heterocycles. The van der Waals surface area contributed by atoms with Crippen LogP contribution in [0.3, 0.4) is 0 Å². The van der Waals surface area contributed by atoms with Gasteiger partial charge in [0.15, 0.2) is 0 Å². The van der Waals surface area contributed by atoms with Crippen LogP contribution in [0.15, 0.2) is 12.5 Å². The number of imidazole rings is 1. The Morgan fingerprint density at radius 1 is 1.30 bits per heavy atom. The van der Waals surface area contributed by atoms with Gasteiger partial charge in [0.2, 0.25) is 23.6 Å². The molecule has 1 aromatic rings. The number of nitrogens with one attached hydrogen (secondary N) is 4. The average Bonchev–Trinajstić information content (AvgIpc) is 3.48. The zero-order valence-electron chi connectivity index (χ0n) is 17.3. The van der Waals surface area contributed by atoms with Gasteiger partial charge in [-0.3, -0.25) is 19.2 Å². The fraction of sp³-hybridized carbons (Fsp3) is 0.650. The summed E-state index contributed by atoms with van der Waals surface area (Å²) in [5, 5.41) is 8.31. The zero-order chi connectivity index (χ0) is 21.5. The second-order valence-electron chi connectivity index (χ2n) is 7.84. The molecule has 3 heterocycles. The third-order valence-electron chi connectivity index (χ3n) is 5.57. The topological polar surface area (TPSA) is 136 Å². The monoisotopic (exact) mass is 418 g/mol. The molecule has 4 N–H and O–H groups in total. The predicted molar refractivity (Wildman–Crippen MR) is 108 cm³/mol. The van der Waals surface area contributed by atoms with Crippen LogP contribution in [0.5, 0.6) is 0 Å². The Bertz CT molecular complexity index is 765. The minimum atomic E-state index is -0.848. The van der Waals surface area contributed by atoms with Crippen LogP contribution in [0.2, 0.25) is 0 Å². The predicted octanol–water partition coefficient (Wildman–Crippen LogP) is -0.377. The number of hydrogen-bond acceptors (Lipinski definition) is 5. The average molecular weight is 418 g/mol. The van der Waals surface area contributed by atoms with Crippen molar-refractivity contribution in [2.45, 2.75) is 70.0 Å². The van der Waals surface area contributed by atoms with Gasteiger partial charge in [-0.2, -0.15) is 0 Å². The first kappa shape index (κ1) is 21.8. The molecule has 2 aliphatic heterocycles. The maximum atomic E-state index is 13.3. The highest BCUT2D eigenvalue weighted by Crippen LogP contribution is 2.20. The Labute approximate surface area is 175 Å². The second-order valence-corrected chi connectivity index (χ2v) is 7.84. The Morgan fingerprint density at radius 3 is 2.80 bits per heavy atom. The van der Waals surface area contributed by atoms with Crippen molar-refractivity contribution in [3.05, 3.63) is 18.2 Å². The largest absolute Gasteiger partial charge is 0.354 e. The summed E-state index contributed by atoms with van der Waals surface area (Å²) in [6.07, 6.45) is 7.24. The van der Waals surface area contributed by atoms with E-state index in [1.54, 1.807) is 11.1 Å². The van der Waals surface area contributed by atoms with Crippen molar-refractivity contribution in [3.8, 4) is 0 Å². The number of carbonyl (C=O) groups excluding carboxylic acids is 4. The molecule has 10 heteroatoms. The van der Waals surface area contributed by atoms with E-state index in [9.17, 15) is 19.2 Å². The van der Waals surface area contributed by atoms with E-state index in [-0.39, 0.29) is 30.0 Å². The standard InChI is InChI=1S/C20H30N6O4/c1-2-3-8-22-19(29)16-5-4-9-26(16)20(30)15(10-13-11-21-12-23-13)25-18(28)14-6-7-17(27)24-14/h11-12,14-16H,2-10H2,1H3,(H,21,23)(H,22,29)(H,24,27)(H,25,28)/t14-,15-,16-/m0/s1. The summed E-state index contributed by atoms with van der Waals surface area (Å²) in [5.41, 5.74) is 0.701. The number of rotatable bonds is 9. The molecule has 2 aliphatic rings. The van der Waals surface area contributed by atoms with Crippen molar-refractivity contribution >= 4 is 23.6 Å². The highest BCUT2D eigenvalue weighted by molar-refractivity contribution is 5.95. The number of aromatic nitrogens is 2.